The molecule has 218 valence electrons. The average Bonchev–Trinajstić information content (AvgIpc) is 3.68. The van der Waals surface area contributed by atoms with Gasteiger partial charge in [-0.25, -0.2) is 9.59 Å². The quantitative estimate of drug-likeness (QED) is 0.324. The first-order chi connectivity index (χ1) is 19.1. The van der Waals surface area contributed by atoms with Crippen LogP contribution in [0.3, 0.4) is 0 Å². The fourth-order valence-electron chi connectivity index (χ4n) is 6.05. The molecule has 4 N–H and O–H groups in total. The summed E-state index contributed by atoms with van der Waals surface area (Å²) in [5.74, 6) is -5.23. The maximum absolute atomic E-state index is 13.8. The summed E-state index contributed by atoms with van der Waals surface area (Å²) in [5, 5.41) is 27.0. The van der Waals surface area contributed by atoms with Gasteiger partial charge in [0.15, 0.2) is 0 Å². The molecule has 0 spiro atoms. The zero-order chi connectivity index (χ0) is 29.0. The van der Waals surface area contributed by atoms with Gasteiger partial charge in [-0.15, -0.1) is 11.3 Å². The Morgan fingerprint density at radius 3 is 1.88 bits per heavy atom. The van der Waals surface area contributed by atoms with Gasteiger partial charge in [-0.05, 0) is 30.5 Å². The summed E-state index contributed by atoms with van der Waals surface area (Å²) in [5.41, 5.74) is 0. The van der Waals surface area contributed by atoms with Crippen molar-refractivity contribution >= 4 is 58.7 Å². The Labute approximate surface area is 239 Å². The summed E-state index contributed by atoms with van der Waals surface area (Å²) >= 11 is 2.59. The van der Waals surface area contributed by atoms with Crippen molar-refractivity contribution in [3.05, 3.63) is 22.4 Å². The van der Waals surface area contributed by atoms with Gasteiger partial charge in [-0.3, -0.25) is 19.2 Å². The standard InChI is InChI=1S/C26H34N4O8S2/c1-39-13-21(31)27-14-9-18(25(35)36)29(11-14)23(33)16-5-2-3-6-17(16)24(34)30-12-15(10-19(30)26(37)38)28-22(32)20-7-4-8-40-20/h4,7-8,14-19H,2-3,5-6,9-13H2,1H3,(H,27,31)(H,28,32)(H,35,36)(H,37,38). The van der Waals surface area contributed by atoms with Crippen molar-refractivity contribution in [3.8, 4) is 0 Å². The first kappa shape index (κ1) is 29.8. The molecule has 0 aromatic carbocycles. The van der Waals surface area contributed by atoms with Gasteiger partial charge in [-0.1, -0.05) is 18.9 Å². The molecule has 1 aliphatic carbocycles. The number of carboxylic acid groups (broad SMARTS) is 2. The van der Waals surface area contributed by atoms with E-state index >= 15 is 0 Å². The van der Waals surface area contributed by atoms with Crippen LogP contribution in [0.4, 0.5) is 0 Å². The van der Waals surface area contributed by atoms with Crippen LogP contribution in [-0.4, -0.2) is 105 Å². The molecule has 2 saturated heterocycles. The molecule has 0 bridgehead atoms. The number of amides is 4. The third-order valence-electron chi connectivity index (χ3n) is 7.86. The van der Waals surface area contributed by atoms with Crippen LogP contribution in [0.15, 0.2) is 17.5 Å². The van der Waals surface area contributed by atoms with Crippen molar-refractivity contribution in [3.63, 3.8) is 0 Å². The molecule has 0 radical (unpaired) electrons. The molecule has 1 saturated carbocycles. The molecule has 1 aromatic heterocycles. The van der Waals surface area contributed by atoms with Gasteiger partial charge in [0.2, 0.25) is 17.7 Å². The zero-order valence-corrected chi connectivity index (χ0v) is 23.7. The maximum Gasteiger partial charge on any atom is 0.326 e. The van der Waals surface area contributed by atoms with Crippen LogP contribution in [0, 0.1) is 11.8 Å². The average molecular weight is 595 g/mol. The SMILES string of the molecule is CSCC(=O)NC1CC(C(=O)O)N(C(=O)C2CCCCC2C(=O)N2CC(NC(=O)c3cccs3)CC2C(=O)O)C1. The summed E-state index contributed by atoms with van der Waals surface area (Å²) in [7, 11) is 0. The topological polar surface area (TPSA) is 173 Å². The molecular weight excluding hydrogens is 560 g/mol. The predicted molar refractivity (Wildman–Crippen MR) is 147 cm³/mol. The fraction of sp³-hybridized carbons (Fsp3) is 0.615. The number of rotatable bonds is 9. The lowest BCUT2D eigenvalue weighted by atomic mass is 9.77. The molecule has 6 atom stereocenters. The Morgan fingerprint density at radius 1 is 0.900 bits per heavy atom. The van der Waals surface area contributed by atoms with E-state index in [1.807, 2.05) is 0 Å². The Kier molecular flexibility index (Phi) is 9.72. The van der Waals surface area contributed by atoms with Gasteiger partial charge in [0.1, 0.15) is 12.1 Å². The molecule has 14 heteroatoms. The van der Waals surface area contributed by atoms with Gasteiger partial charge in [-0.2, -0.15) is 11.8 Å². The van der Waals surface area contributed by atoms with Crippen LogP contribution in [-0.2, 0) is 24.0 Å². The third-order valence-corrected chi connectivity index (χ3v) is 9.28. The van der Waals surface area contributed by atoms with E-state index in [1.165, 1.54) is 32.9 Å². The summed E-state index contributed by atoms with van der Waals surface area (Å²) in [6.45, 7) is 0.0426. The minimum atomic E-state index is -1.19. The monoisotopic (exact) mass is 594 g/mol. The number of hydrogen-bond donors (Lipinski definition) is 4. The molecule has 12 nitrogen and oxygen atoms in total. The Bertz CT molecular complexity index is 1150. The van der Waals surface area contributed by atoms with Crippen LogP contribution in [0.5, 0.6) is 0 Å². The second-order valence-electron chi connectivity index (χ2n) is 10.5. The second kappa shape index (κ2) is 13.0. The Morgan fingerprint density at radius 2 is 1.43 bits per heavy atom. The van der Waals surface area contributed by atoms with E-state index in [1.54, 1.807) is 23.8 Å². The van der Waals surface area contributed by atoms with Crippen molar-refractivity contribution in [1.82, 2.24) is 20.4 Å². The number of nitrogens with zero attached hydrogens (tertiary/aromatic N) is 2. The number of likely N-dealkylation sites (tertiary alicyclic amines) is 2. The lowest BCUT2D eigenvalue weighted by molar-refractivity contribution is -0.156. The molecule has 3 aliphatic rings. The molecule has 1 aromatic rings. The number of hydrogen-bond acceptors (Lipinski definition) is 8. The number of thioether (sulfide) groups is 1. The van der Waals surface area contributed by atoms with Crippen LogP contribution in [0.1, 0.15) is 48.2 Å². The lowest BCUT2D eigenvalue weighted by Gasteiger charge is -2.36. The van der Waals surface area contributed by atoms with Gasteiger partial charge >= 0.3 is 11.9 Å². The molecule has 4 amide bonds. The van der Waals surface area contributed by atoms with E-state index in [4.69, 9.17) is 0 Å². The van der Waals surface area contributed by atoms with Crippen molar-refractivity contribution in [2.45, 2.75) is 62.7 Å². The summed E-state index contributed by atoms with van der Waals surface area (Å²) in [6, 6.07) is 0.0588. The second-order valence-corrected chi connectivity index (χ2v) is 12.3. The van der Waals surface area contributed by atoms with Crippen LogP contribution >= 0.6 is 23.1 Å². The number of thiophene rings is 1. The molecule has 4 rings (SSSR count). The smallest absolute Gasteiger partial charge is 0.326 e. The van der Waals surface area contributed by atoms with Crippen molar-refractivity contribution < 1.29 is 39.0 Å². The minimum absolute atomic E-state index is 0.00926. The number of nitrogens with one attached hydrogen (secondary N) is 2. The van der Waals surface area contributed by atoms with Gasteiger partial charge < -0.3 is 30.6 Å². The number of carbonyl (C=O) groups excluding carboxylic acids is 4. The van der Waals surface area contributed by atoms with E-state index in [-0.39, 0.29) is 43.5 Å². The molecular formula is C26H34N4O8S2. The normalized spacial score (nSPS) is 28.2. The maximum atomic E-state index is 13.8. The number of aliphatic carboxylic acids is 2. The molecule has 2 aliphatic heterocycles. The van der Waals surface area contributed by atoms with E-state index in [2.05, 4.69) is 10.6 Å². The first-order valence-corrected chi connectivity index (χ1v) is 15.6. The lowest BCUT2D eigenvalue weighted by Crippen LogP contribution is -2.51. The van der Waals surface area contributed by atoms with Crippen LogP contribution in [0.25, 0.3) is 0 Å². The Hall–Kier alpha value is -3.13. The highest BCUT2D eigenvalue weighted by Crippen LogP contribution is 2.36. The fourth-order valence-corrected chi connectivity index (χ4v) is 7.02. The highest BCUT2D eigenvalue weighted by Gasteiger charge is 2.49. The predicted octanol–water partition coefficient (Wildman–Crippen LogP) is 0.872. The largest absolute Gasteiger partial charge is 0.480 e. The summed E-state index contributed by atoms with van der Waals surface area (Å²) < 4.78 is 0. The van der Waals surface area contributed by atoms with E-state index in [9.17, 15) is 39.0 Å². The highest BCUT2D eigenvalue weighted by atomic mass is 32.2. The zero-order valence-electron chi connectivity index (χ0n) is 22.1. The third kappa shape index (κ3) is 6.60. The molecule has 3 fully saturated rings. The highest BCUT2D eigenvalue weighted by molar-refractivity contribution is 7.99. The number of carbonyl (C=O) groups is 6. The molecule has 40 heavy (non-hydrogen) atoms. The van der Waals surface area contributed by atoms with Crippen molar-refractivity contribution in [1.29, 1.82) is 0 Å². The number of carboxylic acids is 2. The van der Waals surface area contributed by atoms with Gasteiger partial charge in [0.25, 0.3) is 5.91 Å². The van der Waals surface area contributed by atoms with Crippen LogP contribution in [0.2, 0.25) is 0 Å². The van der Waals surface area contributed by atoms with Crippen molar-refractivity contribution in [2.24, 2.45) is 11.8 Å². The van der Waals surface area contributed by atoms with E-state index < -0.39 is 59.8 Å². The van der Waals surface area contributed by atoms with E-state index in [0.717, 1.165) is 0 Å². The van der Waals surface area contributed by atoms with Gasteiger partial charge in [0, 0.05) is 49.9 Å². The minimum Gasteiger partial charge on any atom is -0.480 e. The Balaban J connectivity index is 1.48. The first-order valence-electron chi connectivity index (χ1n) is 13.3. The summed E-state index contributed by atoms with van der Waals surface area (Å²) in [6.07, 6.45) is 4.02. The van der Waals surface area contributed by atoms with Crippen molar-refractivity contribution in [2.75, 3.05) is 25.1 Å². The summed E-state index contributed by atoms with van der Waals surface area (Å²) in [4.78, 5) is 79.3. The molecule has 6 unspecified atom stereocenters. The molecule has 3 heterocycles. The van der Waals surface area contributed by atoms with E-state index in [0.29, 0.717) is 30.6 Å². The van der Waals surface area contributed by atoms with Crippen LogP contribution < -0.4 is 10.6 Å². The van der Waals surface area contributed by atoms with Gasteiger partial charge in [0.05, 0.1) is 10.6 Å².